The maximum Gasteiger partial charge on any atom is 0.417 e. The minimum atomic E-state index is -4.47. The fraction of sp³-hybridized carbons (Fsp3) is 0.310. The highest BCUT2D eigenvalue weighted by atomic mass is 19.4. The van der Waals surface area contributed by atoms with Crippen LogP contribution in [0.25, 0.3) is 10.9 Å². The summed E-state index contributed by atoms with van der Waals surface area (Å²) < 4.78 is 50.4. The number of likely N-dealkylation sites (tertiary alicyclic amines) is 1. The number of hydrogen-bond acceptors (Lipinski definition) is 6. The fourth-order valence-corrected chi connectivity index (χ4v) is 4.67. The normalized spacial score (nSPS) is 13.7. The summed E-state index contributed by atoms with van der Waals surface area (Å²) in [4.78, 5) is 30.8. The van der Waals surface area contributed by atoms with Crippen LogP contribution in [0.2, 0.25) is 0 Å². The first-order chi connectivity index (χ1) is 19.6. The number of carbonyl (C=O) groups excluding carboxylic acids is 2. The number of hydrogen-bond donors (Lipinski definition) is 1. The van der Waals surface area contributed by atoms with E-state index in [-0.39, 0.29) is 23.6 Å². The molecule has 4 aromatic rings. The Balaban J connectivity index is 1.14. The van der Waals surface area contributed by atoms with Gasteiger partial charge in [0.2, 0.25) is 5.88 Å². The summed E-state index contributed by atoms with van der Waals surface area (Å²) in [6, 6.07) is 12.0. The van der Waals surface area contributed by atoms with Crippen molar-refractivity contribution in [2.24, 2.45) is 5.92 Å². The zero-order chi connectivity index (χ0) is 29.1. The number of benzene rings is 2. The molecule has 1 fully saturated rings. The molecule has 1 aliphatic rings. The van der Waals surface area contributed by atoms with Crippen molar-refractivity contribution in [1.29, 1.82) is 0 Å². The Morgan fingerprint density at radius 2 is 1.83 bits per heavy atom. The van der Waals surface area contributed by atoms with E-state index in [0.717, 1.165) is 28.6 Å². The predicted molar refractivity (Wildman–Crippen MR) is 144 cm³/mol. The third-order valence-corrected chi connectivity index (χ3v) is 6.92. The lowest BCUT2D eigenvalue weighted by Gasteiger charge is -2.39. The Kier molecular flexibility index (Phi) is 7.93. The van der Waals surface area contributed by atoms with E-state index in [1.165, 1.54) is 0 Å². The Morgan fingerprint density at radius 3 is 2.49 bits per heavy atom. The van der Waals surface area contributed by atoms with E-state index >= 15 is 0 Å². The molecular weight excluding hydrogens is 539 g/mol. The van der Waals surface area contributed by atoms with Crippen molar-refractivity contribution < 1.29 is 32.2 Å². The molecule has 5 rings (SSSR count). The molecule has 0 radical (unpaired) electrons. The van der Waals surface area contributed by atoms with Gasteiger partial charge in [0.1, 0.15) is 5.75 Å². The molecule has 214 valence electrons. The van der Waals surface area contributed by atoms with Crippen LogP contribution in [-0.4, -0.2) is 64.8 Å². The van der Waals surface area contributed by atoms with E-state index in [4.69, 9.17) is 9.47 Å². The molecule has 0 atom stereocenters. The quantitative estimate of drug-likeness (QED) is 0.295. The van der Waals surface area contributed by atoms with Gasteiger partial charge >= 0.3 is 6.18 Å². The number of carbonyl (C=O) groups is 2. The number of alkyl halides is 3. The highest BCUT2D eigenvalue weighted by molar-refractivity contribution is 6.00. The molecule has 41 heavy (non-hydrogen) atoms. The number of methoxy groups -OCH3 is 1. The first-order valence-corrected chi connectivity index (χ1v) is 13.0. The van der Waals surface area contributed by atoms with E-state index in [9.17, 15) is 22.8 Å². The van der Waals surface area contributed by atoms with Gasteiger partial charge < -0.3 is 19.7 Å². The second-order valence-electron chi connectivity index (χ2n) is 9.86. The van der Waals surface area contributed by atoms with E-state index < -0.39 is 11.7 Å². The smallest absolute Gasteiger partial charge is 0.417 e. The van der Waals surface area contributed by atoms with Crippen LogP contribution in [0.5, 0.6) is 11.6 Å². The summed E-state index contributed by atoms with van der Waals surface area (Å²) >= 11 is 0. The fourth-order valence-electron chi connectivity index (χ4n) is 4.67. The molecule has 3 heterocycles. The number of aromatic nitrogens is 3. The molecular formula is C29H28F3N5O4. The Hall–Kier alpha value is -4.45. The lowest BCUT2D eigenvalue weighted by atomic mass is 9.99. The van der Waals surface area contributed by atoms with Gasteiger partial charge in [-0.15, -0.1) is 0 Å². The van der Waals surface area contributed by atoms with Crippen LogP contribution in [0.1, 0.15) is 31.8 Å². The molecule has 9 nitrogen and oxygen atoms in total. The second kappa shape index (κ2) is 11.6. The molecule has 1 aliphatic heterocycles. The number of rotatable bonds is 9. The number of nitrogens with zero attached hydrogens (tertiary/aromatic N) is 4. The summed E-state index contributed by atoms with van der Waals surface area (Å²) in [5, 5.41) is 8.39. The van der Waals surface area contributed by atoms with Crippen molar-refractivity contribution in [1.82, 2.24) is 25.0 Å². The van der Waals surface area contributed by atoms with Crippen LogP contribution in [0, 0.1) is 12.8 Å². The van der Waals surface area contributed by atoms with Gasteiger partial charge in [-0.3, -0.25) is 14.3 Å². The van der Waals surface area contributed by atoms with Crippen molar-refractivity contribution in [2.75, 3.05) is 33.4 Å². The molecule has 2 aromatic carbocycles. The largest absolute Gasteiger partial charge is 0.439 e. The lowest BCUT2D eigenvalue weighted by Crippen LogP contribution is -2.51. The highest BCUT2D eigenvalue weighted by Gasteiger charge is 2.32. The molecule has 1 N–H and O–H groups in total. The molecule has 12 heteroatoms. The number of halogens is 3. The minimum absolute atomic E-state index is 0.0192. The summed E-state index contributed by atoms with van der Waals surface area (Å²) in [7, 11) is 1.58. The van der Waals surface area contributed by atoms with E-state index in [1.54, 1.807) is 42.3 Å². The van der Waals surface area contributed by atoms with Gasteiger partial charge in [-0.25, -0.2) is 4.98 Å². The SMILES string of the molecule is COCCNC(=O)c1ccc2nn(CC3CN(C(=O)c4ccc(Oc5ccc(C(F)(F)F)cn5)cc4)C3)cc2c1C. The molecule has 0 aliphatic carbocycles. The zero-order valence-electron chi connectivity index (χ0n) is 22.4. The average Bonchev–Trinajstić information content (AvgIpc) is 3.34. The minimum Gasteiger partial charge on any atom is -0.439 e. The third-order valence-electron chi connectivity index (χ3n) is 6.92. The first-order valence-electron chi connectivity index (χ1n) is 13.0. The number of fused-ring (bicyclic) bond motifs is 1. The standard InChI is InChI=1S/C29H28F3N5O4/c1-18-23(27(38)33-11-12-40-2)8-9-25-24(18)17-37(35-25)16-19-14-36(15-19)28(39)20-3-6-22(7-4-20)41-26-10-5-21(13-34-26)29(30,31)32/h3-10,13,17,19H,11-12,14-16H2,1-2H3,(H,33,38). The van der Waals surface area contributed by atoms with Gasteiger partial charge in [0.05, 0.1) is 17.7 Å². The van der Waals surface area contributed by atoms with Crippen molar-refractivity contribution in [3.8, 4) is 11.6 Å². The molecule has 2 aromatic heterocycles. The zero-order valence-corrected chi connectivity index (χ0v) is 22.4. The number of ether oxygens (including phenoxy) is 2. The van der Waals surface area contributed by atoms with E-state index in [0.29, 0.717) is 55.9 Å². The summed E-state index contributed by atoms with van der Waals surface area (Å²) in [5.74, 6) is 0.334. The Bertz CT molecular complexity index is 1550. The van der Waals surface area contributed by atoms with Gasteiger partial charge in [-0.1, -0.05) is 0 Å². The molecule has 0 unspecified atom stereocenters. The third kappa shape index (κ3) is 6.32. The van der Waals surface area contributed by atoms with Crippen LogP contribution >= 0.6 is 0 Å². The summed E-state index contributed by atoms with van der Waals surface area (Å²) in [6.07, 6.45) is -1.82. The summed E-state index contributed by atoms with van der Waals surface area (Å²) in [5.41, 5.74) is 1.88. The Labute approximate surface area is 233 Å². The van der Waals surface area contributed by atoms with Crippen molar-refractivity contribution in [3.05, 3.63) is 83.2 Å². The Morgan fingerprint density at radius 1 is 1.07 bits per heavy atom. The molecule has 1 saturated heterocycles. The van der Waals surface area contributed by atoms with Gasteiger partial charge in [0, 0.05) is 74.2 Å². The van der Waals surface area contributed by atoms with Gasteiger partial charge in [0.15, 0.2) is 0 Å². The van der Waals surface area contributed by atoms with E-state index in [1.807, 2.05) is 23.9 Å². The topological polar surface area (TPSA) is 98.6 Å². The average molecular weight is 568 g/mol. The molecule has 0 saturated carbocycles. The number of amides is 2. The van der Waals surface area contributed by atoms with Gasteiger partial charge in [-0.2, -0.15) is 18.3 Å². The lowest BCUT2D eigenvalue weighted by molar-refractivity contribution is -0.137. The monoisotopic (exact) mass is 567 g/mol. The summed E-state index contributed by atoms with van der Waals surface area (Å²) in [6.45, 7) is 4.57. The van der Waals surface area contributed by atoms with Crippen molar-refractivity contribution in [2.45, 2.75) is 19.6 Å². The number of aryl methyl sites for hydroxylation is 1. The highest BCUT2D eigenvalue weighted by Crippen LogP contribution is 2.30. The van der Waals surface area contributed by atoms with Crippen molar-refractivity contribution in [3.63, 3.8) is 0 Å². The number of nitrogens with one attached hydrogen (secondary N) is 1. The van der Waals surface area contributed by atoms with Crippen molar-refractivity contribution >= 4 is 22.7 Å². The van der Waals surface area contributed by atoms with Crippen LogP contribution in [0.4, 0.5) is 13.2 Å². The maximum absolute atomic E-state index is 12.9. The van der Waals surface area contributed by atoms with Crippen LogP contribution in [-0.2, 0) is 17.5 Å². The predicted octanol–water partition coefficient (Wildman–Crippen LogP) is 4.70. The first kappa shape index (κ1) is 28.1. The van der Waals surface area contributed by atoms with Crippen LogP contribution in [0.3, 0.4) is 0 Å². The van der Waals surface area contributed by atoms with Crippen LogP contribution in [0.15, 0.2) is 60.9 Å². The molecule has 0 spiro atoms. The van der Waals surface area contributed by atoms with Crippen LogP contribution < -0.4 is 10.1 Å². The molecule has 2 amide bonds. The molecule has 0 bridgehead atoms. The maximum atomic E-state index is 12.9. The van der Waals surface area contributed by atoms with Gasteiger partial charge in [0.25, 0.3) is 11.8 Å². The second-order valence-corrected chi connectivity index (χ2v) is 9.86. The van der Waals surface area contributed by atoms with Gasteiger partial charge in [-0.05, 0) is 55.0 Å². The van der Waals surface area contributed by atoms with E-state index in [2.05, 4.69) is 15.4 Å². The number of pyridine rings is 1.